The molecule has 0 aliphatic heterocycles. The monoisotopic (exact) mass is 190 g/mol. The van der Waals surface area contributed by atoms with Gasteiger partial charge < -0.3 is 5.11 Å². The Balaban J connectivity index is 2.39. The smallest absolute Gasteiger partial charge is 0.224 e. The van der Waals surface area contributed by atoms with Gasteiger partial charge in [-0.15, -0.1) is 0 Å². The van der Waals surface area contributed by atoms with E-state index in [2.05, 4.69) is 0 Å². The third-order valence-electron chi connectivity index (χ3n) is 2.81. The number of aliphatic hydroxyl groups excluding tert-OH is 1. The van der Waals surface area contributed by atoms with Crippen LogP contribution in [0.5, 0.6) is 0 Å². The lowest BCUT2D eigenvalue weighted by molar-refractivity contribution is -0.116. The van der Waals surface area contributed by atoms with Crippen molar-refractivity contribution in [1.82, 2.24) is 0 Å². The highest BCUT2D eigenvalue weighted by molar-refractivity contribution is 6.63. The Morgan fingerprint density at radius 2 is 1.92 bits per heavy atom. The molecule has 0 aromatic rings. The zero-order chi connectivity index (χ0) is 9.14. The van der Waals surface area contributed by atoms with Crippen molar-refractivity contribution in [2.24, 2.45) is 11.8 Å². The quantitative estimate of drug-likeness (QED) is 0.676. The first-order chi connectivity index (χ1) is 5.61. The summed E-state index contributed by atoms with van der Waals surface area (Å²) in [5, 5.41) is 8.99. The maximum atomic E-state index is 10.8. The lowest BCUT2D eigenvalue weighted by atomic mass is 9.80. The Bertz CT molecular complexity index is 162. The molecule has 1 rings (SSSR count). The Kier molecular flexibility index (Phi) is 3.53. The largest absolute Gasteiger partial charge is 0.393 e. The molecule has 0 radical (unpaired) electrons. The summed E-state index contributed by atoms with van der Waals surface area (Å²) in [6.07, 6.45) is 3.35. The average molecular weight is 191 g/mol. The summed E-state index contributed by atoms with van der Waals surface area (Å²) in [4.78, 5) is 10.8. The first-order valence-electron chi connectivity index (χ1n) is 4.48. The molecule has 1 saturated carbocycles. The van der Waals surface area contributed by atoms with Gasteiger partial charge in [0.2, 0.25) is 5.24 Å². The third-order valence-corrected chi connectivity index (χ3v) is 3.15. The molecule has 12 heavy (non-hydrogen) atoms. The van der Waals surface area contributed by atoms with Crippen LogP contribution in [0.2, 0.25) is 0 Å². The Labute approximate surface area is 77.9 Å². The molecule has 1 N–H and O–H groups in total. The first-order valence-corrected chi connectivity index (χ1v) is 4.86. The lowest BCUT2D eigenvalue weighted by Crippen LogP contribution is -2.25. The van der Waals surface area contributed by atoms with E-state index in [9.17, 15) is 9.90 Å². The van der Waals surface area contributed by atoms with Gasteiger partial charge in [0.15, 0.2) is 0 Å². The third kappa shape index (κ3) is 2.46. The molecular formula is C9H15ClO2. The van der Waals surface area contributed by atoms with E-state index in [1.165, 1.54) is 0 Å². The van der Waals surface area contributed by atoms with Crippen molar-refractivity contribution >= 4 is 16.8 Å². The van der Waals surface area contributed by atoms with E-state index in [4.69, 9.17) is 11.6 Å². The minimum absolute atomic E-state index is 0.0424. The maximum Gasteiger partial charge on any atom is 0.224 e. The fourth-order valence-electron chi connectivity index (χ4n) is 1.79. The predicted octanol–water partition coefficient (Wildman–Crippen LogP) is 1.94. The van der Waals surface area contributed by atoms with Gasteiger partial charge in [0.05, 0.1) is 6.10 Å². The van der Waals surface area contributed by atoms with Crippen LogP contribution in [0.25, 0.3) is 0 Å². The van der Waals surface area contributed by atoms with Crippen molar-refractivity contribution in [2.75, 3.05) is 0 Å². The second-order valence-electron chi connectivity index (χ2n) is 3.66. The summed E-state index contributed by atoms with van der Waals surface area (Å²) in [6.45, 7) is 1.87. The molecule has 2 nitrogen and oxygen atoms in total. The first kappa shape index (κ1) is 10.0. The van der Waals surface area contributed by atoms with Crippen LogP contribution < -0.4 is 0 Å². The highest BCUT2D eigenvalue weighted by atomic mass is 35.5. The number of rotatable bonds is 2. The SMILES string of the molecule is CC(C(=O)Cl)C1CCC(O)CC1. The molecule has 1 atom stereocenters. The summed E-state index contributed by atoms with van der Waals surface area (Å²) >= 11 is 5.40. The second kappa shape index (κ2) is 4.24. The number of carbonyl (C=O) groups is 1. The zero-order valence-electron chi connectivity index (χ0n) is 7.29. The molecule has 3 heteroatoms. The topological polar surface area (TPSA) is 37.3 Å². The van der Waals surface area contributed by atoms with Crippen molar-refractivity contribution in [3.8, 4) is 0 Å². The minimum Gasteiger partial charge on any atom is -0.393 e. The number of aliphatic hydroxyl groups is 1. The highest BCUT2D eigenvalue weighted by Crippen LogP contribution is 2.31. The van der Waals surface area contributed by atoms with E-state index in [-0.39, 0.29) is 17.3 Å². The van der Waals surface area contributed by atoms with Gasteiger partial charge in [0, 0.05) is 5.92 Å². The molecule has 1 fully saturated rings. The molecule has 0 amide bonds. The van der Waals surface area contributed by atoms with Gasteiger partial charge in [-0.05, 0) is 43.2 Å². The van der Waals surface area contributed by atoms with E-state index in [1.54, 1.807) is 0 Å². The van der Waals surface area contributed by atoms with Crippen LogP contribution in [0, 0.1) is 11.8 Å². The van der Waals surface area contributed by atoms with Gasteiger partial charge in [-0.3, -0.25) is 4.79 Å². The Morgan fingerprint density at radius 3 is 2.33 bits per heavy atom. The Morgan fingerprint density at radius 1 is 1.42 bits per heavy atom. The summed E-state index contributed by atoms with van der Waals surface area (Å²) < 4.78 is 0. The van der Waals surface area contributed by atoms with E-state index in [0.717, 1.165) is 25.7 Å². The number of carbonyl (C=O) groups excluding carboxylic acids is 1. The molecule has 0 aromatic heterocycles. The minimum atomic E-state index is -0.239. The van der Waals surface area contributed by atoms with E-state index < -0.39 is 0 Å². The predicted molar refractivity (Wildman–Crippen MR) is 48.0 cm³/mol. The van der Waals surface area contributed by atoms with Gasteiger partial charge in [0.1, 0.15) is 0 Å². The van der Waals surface area contributed by atoms with Gasteiger partial charge in [-0.2, -0.15) is 0 Å². The maximum absolute atomic E-state index is 10.8. The van der Waals surface area contributed by atoms with Crippen LogP contribution in [0.1, 0.15) is 32.6 Å². The molecule has 1 unspecified atom stereocenters. The average Bonchev–Trinajstić information content (AvgIpc) is 2.04. The summed E-state index contributed by atoms with van der Waals surface area (Å²) in [5.74, 6) is 0.345. The summed E-state index contributed by atoms with van der Waals surface area (Å²) in [6, 6.07) is 0. The molecule has 0 saturated heterocycles. The summed E-state index contributed by atoms with van der Waals surface area (Å²) in [5.41, 5.74) is 0. The van der Waals surface area contributed by atoms with Gasteiger partial charge in [-0.1, -0.05) is 6.92 Å². The van der Waals surface area contributed by atoms with Crippen molar-refractivity contribution in [2.45, 2.75) is 38.7 Å². The van der Waals surface area contributed by atoms with Crippen LogP contribution in [0.3, 0.4) is 0 Å². The standard InChI is InChI=1S/C9H15ClO2/c1-6(9(10)12)7-2-4-8(11)5-3-7/h6-8,11H,2-5H2,1H3. The van der Waals surface area contributed by atoms with Crippen LogP contribution >= 0.6 is 11.6 Å². The fraction of sp³-hybridized carbons (Fsp3) is 0.889. The second-order valence-corrected chi connectivity index (χ2v) is 4.03. The Hall–Kier alpha value is -0.0800. The molecule has 1 aliphatic rings. The fourth-order valence-corrected chi connectivity index (χ4v) is 1.97. The molecule has 0 spiro atoms. The van der Waals surface area contributed by atoms with Crippen molar-refractivity contribution in [1.29, 1.82) is 0 Å². The summed E-state index contributed by atoms with van der Waals surface area (Å²) in [7, 11) is 0. The van der Waals surface area contributed by atoms with Gasteiger partial charge in [-0.25, -0.2) is 0 Å². The number of hydrogen-bond donors (Lipinski definition) is 1. The van der Waals surface area contributed by atoms with Crippen molar-refractivity contribution in [3.05, 3.63) is 0 Å². The van der Waals surface area contributed by atoms with E-state index >= 15 is 0 Å². The lowest BCUT2D eigenvalue weighted by Gasteiger charge is -2.28. The molecule has 1 aliphatic carbocycles. The molecule has 0 bridgehead atoms. The normalized spacial score (nSPS) is 32.9. The van der Waals surface area contributed by atoms with Crippen LogP contribution in [-0.2, 0) is 4.79 Å². The van der Waals surface area contributed by atoms with Crippen molar-refractivity contribution in [3.63, 3.8) is 0 Å². The molecule has 0 aromatic carbocycles. The molecule has 70 valence electrons. The van der Waals surface area contributed by atoms with E-state index in [1.807, 2.05) is 6.92 Å². The molecular weight excluding hydrogens is 176 g/mol. The number of halogens is 1. The van der Waals surface area contributed by atoms with E-state index in [0.29, 0.717) is 5.92 Å². The van der Waals surface area contributed by atoms with Crippen LogP contribution in [0.15, 0.2) is 0 Å². The van der Waals surface area contributed by atoms with Gasteiger partial charge in [0.25, 0.3) is 0 Å². The van der Waals surface area contributed by atoms with Gasteiger partial charge >= 0.3 is 0 Å². The molecule has 0 heterocycles. The van der Waals surface area contributed by atoms with Crippen molar-refractivity contribution < 1.29 is 9.90 Å². The van der Waals surface area contributed by atoms with Crippen LogP contribution in [0.4, 0.5) is 0 Å². The zero-order valence-corrected chi connectivity index (χ0v) is 8.05. The van der Waals surface area contributed by atoms with Crippen LogP contribution in [-0.4, -0.2) is 16.5 Å². The number of hydrogen-bond acceptors (Lipinski definition) is 2. The highest BCUT2D eigenvalue weighted by Gasteiger charge is 2.27.